The Morgan fingerprint density at radius 3 is 2.08 bits per heavy atom. The van der Waals surface area contributed by atoms with Crippen LogP contribution in [0.25, 0.3) is 0 Å². The summed E-state index contributed by atoms with van der Waals surface area (Å²) in [6, 6.07) is 0. The molecule has 0 N–H and O–H groups in total. The Kier molecular flexibility index (Phi) is 8.26. The molecule has 0 radical (unpaired) electrons. The lowest BCUT2D eigenvalue weighted by Gasteiger charge is -1.99. The number of rotatable bonds is 2. The van der Waals surface area contributed by atoms with Crippen LogP contribution in [0.4, 0.5) is 13.2 Å². The van der Waals surface area contributed by atoms with Gasteiger partial charge < -0.3 is 0 Å². The molecule has 0 rings (SSSR count). The molecule has 0 aromatic heterocycles. The van der Waals surface area contributed by atoms with Crippen molar-refractivity contribution >= 4 is 0 Å². The monoisotopic (exact) mass is 190 g/mol. The van der Waals surface area contributed by atoms with Gasteiger partial charge in [0.25, 0.3) is 0 Å². The van der Waals surface area contributed by atoms with Crippen LogP contribution in [0.15, 0.2) is 23.8 Å². The van der Waals surface area contributed by atoms with E-state index in [0.717, 1.165) is 11.6 Å². The molecule has 0 fully saturated rings. The Morgan fingerprint density at radius 2 is 1.77 bits per heavy atom. The molecule has 0 aliphatic carbocycles. The molecule has 0 spiro atoms. The van der Waals surface area contributed by atoms with Gasteiger partial charge in [0.1, 0.15) is 0 Å². The molecule has 0 saturated heterocycles. The molecule has 0 aliphatic rings. The van der Waals surface area contributed by atoms with Gasteiger partial charge in [-0.2, -0.15) is 13.2 Å². The zero-order chi connectivity index (χ0) is 10.9. The Bertz CT molecular complexity index is 194. The molecule has 0 aliphatic heterocycles. The van der Waals surface area contributed by atoms with Gasteiger partial charge in [-0.15, -0.1) is 12.8 Å². The molecule has 0 amide bonds. The second-order valence-corrected chi connectivity index (χ2v) is 2.25. The average Bonchev–Trinajstić information content (AvgIpc) is 2.05. The Balaban J connectivity index is 0. The van der Waals surface area contributed by atoms with Crippen molar-refractivity contribution in [2.75, 3.05) is 0 Å². The van der Waals surface area contributed by atoms with Crippen molar-refractivity contribution in [1.29, 1.82) is 0 Å². The molecule has 74 valence electrons. The summed E-state index contributed by atoms with van der Waals surface area (Å²) in [7, 11) is 0. The summed E-state index contributed by atoms with van der Waals surface area (Å²) in [4.78, 5) is 0. The SMILES string of the molecule is C#C.C/C=C(C)\C=C/CC(F)(F)F. The van der Waals surface area contributed by atoms with E-state index in [2.05, 4.69) is 12.8 Å². The summed E-state index contributed by atoms with van der Waals surface area (Å²) in [5.74, 6) is 0. The first-order chi connectivity index (χ1) is 5.95. The van der Waals surface area contributed by atoms with Crippen molar-refractivity contribution in [2.24, 2.45) is 0 Å². The molecule has 0 unspecified atom stereocenters. The molecule has 0 nitrogen and oxygen atoms in total. The molecule has 13 heavy (non-hydrogen) atoms. The maximum Gasteiger partial charge on any atom is 0.392 e. The van der Waals surface area contributed by atoms with E-state index in [1.54, 1.807) is 19.9 Å². The van der Waals surface area contributed by atoms with E-state index < -0.39 is 12.6 Å². The molecule has 0 heterocycles. The third-order valence-electron chi connectivity index (χ3n) is 1.19. The molecule has 0 atom stereocenters. The fourth-order valence-corrected chi connectivity index (χ4v) is 0.475. The topological polar surface area (TPSA) is 0 Å². The first-order valence-corrected chi connectivity index (χ1v) is 3.65. The van der Waals surface area contributed by atoms with Crippen molar-refractivity contribution in [1.82, 2.24) is 0 Å². The number of terminal acetylenes is 1. The molecule has 0 aromatic carbocycles. The van der Waals surface area contributed by atoms with Gasteiger partial charge in [0.15, 0.2) is 0 Å². The van der Waals surface area contributed by atoms with Crippen LogP contribution in [0.1, 0.15) is 20.3 Å². The van der Waals surface area contributed by atoms with E-state index in [0.29, 0.717) is 0 Å². The number of hydrogen-bond donors (Lipinski definition) is 0. The molecule has 0 saturated carbocycles. The summed E-state index contributed by atoms with van der Waals surface area (Å²) in [6.07, 6.45) is 7.42. The van der Waals surface area contributed by atoms with E-state index in [9.17, 15) is 13.2 Å². The second-order valence-electron chi connectivity index (χ2n) is 2.25. The fourth-order valence-electron chi connectivity index (χ4n) is 0.475. The zero-order valence-electron chi connectivity index (χ0n) is 7.73. The van der Waals surface area contributed by atoms with Crippen LogP contribution in [0.3, 0.4) is 0 Å². The van der Waals surface area contributed by atoms with Crippen LogP contribution >= 0.6 is 0 Å². The lowest BCUT2D eigenvalue weighted by molar-refractivity contribution is -0.125. The summed E-state index contributed by atoms with van der Waals surface area (Å²) in [5.41, 5.74) is 0.842. The fraction of sp³-hybridized carbons (Fsp3) is 0.400. The minimum Gasteiger partial charge on any atom is -0.171 e. The lowest BCUT2D eigenvalue weighted by atomic mass is 10.2. The van der Waals surface area contributed by atoms with Crippen molar-refractivity contribution in [3.8, 4) is 12.8 Å². The van der Waals surface area contributed by atoms with Crippen molar-refractivity contribution in [3.63, 3.8) is 0 Å². The summed E-state index contributed by atoms with van der Waals surface area (Å²) < 4.78 is 34.6. The van der Waals surface area contributed by atoms with Crippen LogP contribution in [-0.2, 0) is 0 Å². The number of alkyl halides is 3. The third kappa shape index (κ3) is 13.8. The largest absolute Gasteiger partial charge is 0.392 e. The predicted octanol–water partition coefficient (Wildman–Crippen LogP) is 3.71. The van der Waals surface area contributed by atoms with Gasteiger partial charge in [-0.1, -0.05) is 23.8 Å². The van der Waals surface area contributed by atoms with E-state index in [4.69, 9.17) is 0 Å². The first-order valence-electron chi connectivity index (χ1n) is 3.65. The highest BCUT2D eigenvalue weighted by Crippen LogP contribution is 2.19. The summed E-state index contributed by atoms with van der Waals surface area (Å²) >= 11 is 0. The molecular weight excluding hydrogens is 177 g/mol. The highest BCUT2D eigenvalue weighted by atomic mass is 19.4. The maximum atomic E-state index is 11.5. The number of allylic oxidation sites excluding steroid dienone is 4. The van der Waals surface area contributed by atoms with Crippen LogP contribution in [0.5, 0.6) is 0 Å². The van der Waals surface area contributed by atoms with Crippen LogP contribution in [-0.4, -0.2) is 6.18 Å². The minimum absolute atomic E-state index is 0.842. The van der Waals surface area contributed by atoms with Gasteiger partial charge >= 0.3 is 6.18 Å². The van der Waals surface area contributed by atoms with E-state index >= 15 is 0 Å². The van der Waals surface area contributed by atoms with Gasteiger partial charge in [-0.3, -0.25) is 0 Å². The van der Waals surface area contributed by atoms with Gasteiger partial charge in [-0.05, 0) is 13.8 Å². The Labute approximate surface area is 77.1 Å². The normalized spacial score (nSPS) is 12.4. The van der Waals surface area contributed by atoms with Crippen molar-refractivity contribution in [2.45, 2.75) is 26.4 Å². The van der Waals surface area contributed by atoms with Gasteiger partial charge in [0.2, 0.25) is 0 Å². The van der Waals surface area contributed by atoms with Crippen molar-refractivity contribution in [3.05, 3.63) is 23.8 Å². The minimum atomic E-state index is -4.08. The highest BCUT2D eigenvalue weighted by Gasteiger charge is 2.24. The van der Waals surface area contributed by atoms with E-state index in [1.807, 2.05) is 0 Å². The standard InChI is InChI=1S/C8H11F3.C2H2/c1-3-7(2)5-4-6-8(9,10)11;1-2/h3-5H,6H2,1-2H3;1-2H/b5-4-,7-3-;. The second kappa shape index (κ2) is 7.48. The van der Waals surface area contributed by atoms with Crippen LogP contribution in [0.2, 0.25) is 0 Å². The predicted molar refractivity (Wildman–Crippen MR) is 49.1 cm³/mol. The van der Waals surface area contributed by atoms with Crippen molar-refractivity contribution < 1.29 is 13.2 Å². The first kappa shape index (κ1) is 14.4. The molecule has 0 bridgehead atoms. The lowest BCUT2D eigenvalue weighted by Crippen LogP contribution is -2.03. The summed E-state index contributed by atoms with van der Waals surface area (Å²) in [5, 5.41) is 0. The number of hydrogen-bond acceptors (Lipinski definition) is 0. The highest BCUT2D eigenvalue weighted by molar-refractivity contribution is 5.14. The van der Waals surface area contributed by atoms with Gasteiger partial charge in [-0.25, -0.2) is 0 Å². The maximum absolute atomic E-state index is 11.5. The molecule has 3 heteroatoms. The van der Waals surface area contributed by atoms with E-state index in [-0.39, 0.29) is 0 Å². The average molecular weight is 190 g/mol. The quantitative estimate of drug-likeness (QED) is 0.460. The number of halogens is 3. The Morgan fingerprint density at radius 1 is 1.31 bits per heavy atom. The molecule has 0 aromatic rings. The smallest absolute Gasteiger partial charge is 0.171 e. The van der Waals surface area contributed by atoms with Crippen LogP contribution < -0.4 is 0 Å². The van der Waals surface area contributed by atoms with Gasteiger partial charge in [0, 0.05) is 0 Å². The van der Waals surface area contributed by atoms with Crippen LogP contribution in [0, 0.1) is 12.8 Å². The summed E-state index contributed by atoms with van der Waals surface area (Å²) in [6.45, 7) is 3.54. The zero-order valence-corrected chi connectivity index (χ0v) is 7.73. The Hall–Kier alpha value is -1.17. The third-order valence-corrected chi connectivity index (χ3v) is 1.19. The van der Waals surface area contributed by atoms with Gasteiger partial charge in [0.05, 0.1) is 6.42 Å². The molecular formula is C10H13F3. The van der Waals surface area contributed by atoms with E-state index in [1.165, 1.54) is 6.08 Å².